The molecule has 218 valence electrons. The van der Waals surface area contributed by atoms with E-state index in [4.69, 9.17) is 9.97 Å². The van der Waals surface area contributed by atoms with Crippen molar-refractivity contribution in [3.63, 3.8) is 0 Å². The van der Waals surface area contributed by atoms with E-state index in [1.807, 2.05) is 31.2 Å². The minimum absolute atomic E-state index is 0.721. The Balaban J connectivity index is 1.16. The van der Waals surface area contributed by atoms with Gasteiger partial charge in [0, 0.05) is 33.0 Å². The molecular weight excluding hydrogens is 558 g/mol. The Labute approximate surface area is 268 Å². The van der Waals surface area contributed by atoms with Gasteiger partial charge in [0.1, 0.15) is 0 Å². The molecule has 3 nitrogen and oxygen atoms in total. The summed E-state index contributed by atoms with van der Waals surface area (Å²) in [5, 5.41) is 3.58. The first-order valence-electron chi connectivity index (χ1n) is 15.6. The number of nitrogens with zero attached hydrogens (tertiary/aromatic N) is 3. The molecule has 0 bridgehead atoms. The average molecular weight is 590 g/mol. The van der Waals surface area contributed by atoms with Crippen LogP contribution in [0, 0.1) is 0 Å². The number of rotatable bonds is 6. The topological polar surface area (TPSA) is 30.7 Å². The molecule has 6 aromatic carbocycles. The van der Waals surface area contributed by atoms with E-state index in [1.165, 1.54) is 27.4 Å². The van der Waals surface area contributed by atoms with Crippen molar-refractivity contribution in [3.8, 4) is 39.5 Å². The summed E-state index contributed by atoms with van der Waals surface area (Å²) in [6, 6.07) is 51.4. The van der Waals surface area contributed by atoms with Crippen molar-refractivity contribution in [2.24, 2.45) is 0 Å². The Morgan fingerprint density at radius 1 is 0.500 bits per heavy atom. The highest BCUT2D eigenvalue weighted by molar-refractivity contribution is 6.09. The van der Waals surface area contributed by atoms with E-state index in [0.717, 1.165) is 50.4 Å². The van der Waals surface area contributed by atoms with E-state index in [0.29, 0.717) is 0 Å². The summed E-state index contributed by atoms with van der Waals surface area (Å²) < 4.78 is 2.35. The van der Waals surface area contributed by atoms with Gasteiger partial charge in [-0.1, -0.05) is 140 Å². The lowest BCUT2D eigenvalue weighted by atomic mass is 10.00. The Morgan fingerprint density at radius 3 is 1.76 bits per heavy atom. The highest BCUT2D eigenvalue weighted by atomic mass is 15.0. The van der Waals surface area contributed by atoms with Crippen molar-refractivity contribution in [2.45, 2.75) is 6.92 Å². The van der Waals surface area contributed by atoms with Crippen LogP contribution in [0.2, 0.25) is 0 Å². The predicted octanol–water partition coefficient (Wildman–Crippen LogP) is 11.3. The number of fused-ring (bicyclic) bond motifs is 4. The standard InChI is InChI=1S/C43H31N3/c1-2-3-4-13-32-14-5-6-15-35(32)43-44-39-19-10-7-18-38(39)42(45-43)33-24-22-30(23-25-33)31-26-28-34(29-27-31)46-40-20-11-8-16-36(40)37-17-9-12-21-41(37)46/h2-29H,1H3/b3-2-,13-4-. The average Bonchev–Trinajstić information content (AvgIpc) is 3.46. The van der Waals surface area contributed by atoms with Gasteiger partial charge in [0.25, 0.3) is 0 Å². The lowest BCUT2D eigenvalue weighted by Gasteiger charge is -2.12. The van der Waals surface area contributed by atoms with E-state index in [2.05, 4.69) is 150 Å². The van der Waals surface area contributed by atoms with Crippen molar-refractivity contribution in [1.82, 2.24) is 14.5 Å². The molecule has 0 spiro atoms. The fourth-order valence-corrected chi connectivity index (χ4v) is 6.36. The van der Waals surface area contributed by atoms with Gasteiger partial charge in [-0.15, -0.1) is 0 Å². The van der Waals surface area contributed by atoms with Crippen molar-refractivity contribution in [3.05, 3.63) is 169 Å². The van der Waals surface area contributed by atoms with Crippen LogP contribution in [-0.4, -0.2) is 14.5 Å². The molecule has 0 N–H and O–H groups in total. The van der Waals surface area contributed by atoms with Crippen molar-refractivity contribution < 1.29 is 0 Å². The van der Waals surface area contributed by atoms with Crippen LogP contribution in [0.4, 0.5) is 0 Å². The van der Waals surface area contributed by atoms with Gasteiger partial charge in [-0.3, -0.25) is 0 Å². The van der Waals surface area contributed by atoms with Crippen LogP contribution in [0.5, 0.6) is 0 Å². The summed E-state index contributed by atoms with van der Waals surface area (Å²) in [6.45, 7) is 2.02. The van der Waals surface area contributed by atoms with E-state index in [-0.39, 0.29) is 0 Å². The number of para-hydroxylation sites is 3. The summed E-state index contributed by atoms with van der Waals surface area (Å²) >= 11 is 0. The smallest absolute Gasteiger partial charge is 0.161 e. The first-order chi connectivity index (χ1) is 22.8. The van der Waals surface area contributed by atoms with Gasteiger partial charge < -0.3 is 4.57 Å². The predicted molar refractivity (Wildman–Crippen MR) is 194 cm³/mol. The zero-order valence-electron chi connectivity index (χ0n) is 25.5. The highest BCUT2D eigenvalue weighted by Crippen LogP contribution is 2.34. The third-order valence-electron chi connectivity index (χ3n) is 8.58. The summed E-state index contributed by atoms with van der Waals surface area (Å²) in [5.74, 6) is 0.721. The van der Waals surface area contributed by atoms with Gasteiger partial charge in [-0.05, 0) is 53.9 Å². The van der Waals surface area contributed by atoms with Crippen LogP contribution >= 0.6 is 0 Å². The van der Waals surface area contributed by atoms with E-state index < -0.39 is 0 Å². The van der Waals surface area contributed by atoms with Crippen LogP contribution in [0.15, 0.2) is 164 Å². The molecule has 2 aromatic heterocycles. The van der Waals surface area contributed by atoms with Gasteiger partial charge in [0.05, 0.1) is 22.2 Å². The van der Waals surface area contributed by atoms with Gasteiger partial charge in [-0.2, -0.15) is 0 Å². The summed E-state index contributed by atoms with van der Waals surface area (Å²) in [4.78, 5) is 10.1. The summed E-state index contributed by atoms with van der Waals surface area (Å²) in [6.07, 6.45) is 8.21. The monoisotopic (exact) mass is 589 g/mol. The second kappa shape index (κ2) is 11.8. The summed E-state index contributed by atoms with van der Waals surface area (Å²) in [7, 11) is 0. The van der Waals surface area contributed by atoms with Crippen LogP contribution in [-0.2, 0) is 0 Å². The maximum absolute atomic E-state index is 5.16. The molecule has 0 amide bonds. The van der Waals surface area contributed by atoms with Crippen LogP contribution < -0.4 is 0 Å². The molecule has 0 saturated carbocycles. The number of hydrogen-bond acceptors (Lipinski definition) is 2. The van der Waals surface area contributed by atoms with Crippen molar-refractivity contribution >= 4 is 38.8 Å². The second-order valence-electron chi connectivity index (χ2n) is 11.4. The van der Waals surface area contributed by atoms with E-state index in [1.54, 1.807) is 0 Å². The number of hydrogen-bond donors (Lipinski definition) is 0. The minimum atomic E-state index is 0.721. The fourth-order valence-electron chi connectivity index (χ4n) is 6.36. The molecule has 0 atom stereocenters. The minimum Gasteiger partial charge on any atom is -0.309 e. The Bertz CT molecular complexity index is 2360. The summed E-state index contributed by atoms with van der Waals surface area (Å²) in [5.41, 5.74) is 10.9. The molecule has 0 fully saturated rings. The molecule has 2 heterocycles. The molecule has 0 aliphatic heterocycles. The largest absolute Gasteiger partial charge is 0.309 e. The second-order valence-corrected chi connectivity index (χ2v) is 11.4. The molecule has 0 aliphatic rings. The zero-order chi connectivity index (χ0) is 30.9. The maximum Gasteiger partial charge on any atom is 0.161 e. The van der Waals surface area contributed by atoms with Crippen LogP contribution in [0.25, 0.3) is 78.2 Å². The number of allylic oxidation sites excluding steroid dienone is 3. The van der Waals surface area contributed by atoms with Crippen LogP contribution in [0.3, 0.4) is 0 Å². The van der Waals surface area contributed by atoms with Gasteiger partial charge in [0.2, 0.25) is 0 Å². The number of benzene rings is 6. The molecule has 0 aliphatic carbocycles. The fraction of sp³-hybridized carbons (Fsp3) is 0.0233. The number of aromatic nitrogens is 3. The normalized spacial score (nSPS) is 11.8. The third-order valence-corrected chi connectivity index (χ3v) is 8.58. The van der Waals surface area contributed by atoms with Gasteiger partial charge in [-0.25, -0.2) is 9.97 Å². The van der Waals surface area contributed by atoms with Crippen molar-refractivity contribution in [2.75, 3.05) is 0 Å². The van der Waals surface area contributed by atoms with E-state index in [9.17, 15) is 0 Å². The molecule has 0 radical (unpaired) electrons. The molecule has 0 saturated heterocycles. The quantitative estimate of drug-likeness (QED) is 0.181. The van der Waals surface area contributed by atoms with Crippen LogP contribution in [0.1, 0.15) is 12.5 Å². The molecule has 8 rings (SSSR count). The first kappa shape index (κ1) is 27.5. The Hall–Kier alpha value is -6.06. The maximum atomic E-state index is 5.16. The van der Waals surface area contributed by atoms with E-state index >= 15 is 0 Å². The Morgan fingerprint density at radius 2 is 1.07 bits per heavy atom. The molecule has 46 heavy (non-hydrogen) atoms. The first-order valence-corrected chi connectivity index (χ1v) is 15.6. The Kier molecular flexibility index (Phi) is 7.05. The lowest BCUT2D eigenvalue weighted by molar-refractivity contribution is 1.18. The lowest BCUT2D eigenvalue weighted by Crippen LogP contribution is -1.96. The third kappa shape index (κ3) is 4.89. The van der Waals surface area contributed by atoms with Gasteiger partial charge in [0.15, 0.2) is 5.82 Å². The van der Waals surface area contributed by atoms with Gasteiger partial charge >= 0.3 is 0 Å². The molecular formula is C43H31N3. The van der Waals surface area contributed by atoms with Crippen molar-refractivity contribution in [1.29, 1.82) is 0 Å². The zero-order valence-corrected chi connectivity index (χ0v) is 25.5. The SMILES string of the molecule is C/C=C\C=C/c1ccccc1-c1nc(-c2ccc(-c3ccc(-n4c5ccccc5c5ccccc54)cc3)cc2)c2ccccc2n1. The highest BCUT2D eigenvalue weighted by Gasteiger charge is 2.14. The molecule has 3 heteroatoms. The molecule has 8 aromatic rings. The molecule has 0 unspecified atom stereocenters.